The van der Waals surface area contributed by atoms with Crippen molar-refractivity contribution in [3.8, 4) is 11.5 Å². The molecule has 29 heavy (non-hydrogen) atoms. The Morgan fingerprint density at radius 3 is 2.14 bits per heavy atom. The van der Waals surface area contributed by atoms with Gasteiger partial charge >= 0.3 is 0 Å². The summed E-state index contributed by atoms with van der Waals surface area (Å²) in [6.45, 7) is 21.1. The van der Waals surface area contributed by atoms with E-state index in [1.165, 1.54) is 24.8 Å². The van der Waals surface area contributed by atoms with Crippen LogP contribution < -0.4 is 9.47 Å². The molecular weight excluding hydrogens is 356 g/mol. The van der Waals surface area contributed by atoms with Gasteiger partial charge < -0.3 is 9.47 Å². The Balaban J connectivity index is 3.37. The maximum absolute atomic E-state index is 6.51. The second kappa shape index (κ2) is 11.1. The lowest BCUT2D eigenvalue weighted by molar-refractivity contribution is 0.224. The topological polar surface area (TPSA) is 18.5 Å². The third-order valence-corrected chi connectivity index (χ3v) is 6.25. The Labute approximate surface area is 181 Å². The van der Waals surface area contributed by atoms with Gasteiger partial charge in [0.25, 0.3) is 0 Å². The Bertz CT molecular complexity index is 647. The molecular formula is C27H46O2. The standard InChI is InChI=1S/C27H46O2/c1-11-13-14-21(12-2)19-29-25-17-22(15-16-26(5,6)7)24(28-10)18-23(25)27(8,9)20(3)4/h15-18,20-21H,11-14,19H2,1-10H3/b16-15+. The summed E-state index contributed by atoms with van der Waals surface area (Å²) in [6, 6.07) is 4.39. The SMILES string of the molecule is CCCCC(CC)COc1cc(/C=C/C(C)(C)C)c(OC)cc1C(C)(C)C(C)C. The van der Waals surface area contributed by atoms with E-state index in [0.717, 1.165) is 30.1 Å². The van der Waals surface area contributed by atoms with Crippen LogP contribution in [0, 0.1) is 17.3 Å². The second-order valence-corrected chi connectivity index (χ2v) is 10.4. The summed E-state index contributed by atoms with van der Waals surface area (Å²) < 4.78 is 12.3. The number of rotatable bonds is 11. The molecule has 1 atom stereocenters. The molecule has 0 spiro atoms. The molecule has 0 aromatic heterocycles. The van der Waals surface area contributed by atoms with Crippen molar-refractivity contribution < 1.29 is 9.47 Å². The van der Waals surface area contributed by atoms with Gasteiger partial charge in [0, 0.05) is 11.1 Å². The summed E-state index contributed by atoms with van der Waals surface area (Å²) in [7, 11) is 1.76. The van der Waals surface area contributed by atoms with Crippen LogP contribution in [0.3, 0.4) is 0 Å². The van der Waals surface area contributed by atoms with Crippen molar-refractivity contribution in [2.45, 2.75) is 93.4 Å². The maximum atomic E-state index is 6.51. The average Bonchev–Trinajstić information content (AvgIpc) is 2.65. The van der Waals surface area contributed by atoms with Crippen LogP contribution in [-0.4, -0.2) is 13.7 Å². The Morgan fingerprint density at radius 2 is 1.66 bits per heavy atom. The number of hydrogen-bond acceptors (Lipinski definition) is 2. The summed E-state index contributed by atoms with van der Waals surface area (Å²) in [5.41, 5.74) is 2.44. The second-order valence-electron chi connectivity index (χ2n) is 10.4. The van der Waals surface area contributed by atoms with Crippen LogP contribution >= 0.6 is 0 Å². The monoisotopic (exact) mass is 402 g/mol. The van der Waals surface area contributed by atoms with Crippen molar-refractivity contribution in [1.82, 2.24) is 0 Å². The number of allylic oxidation sites excluding steroid dienone is 1. The largest absolute Gasteiger partial charge is 0.496 e. The molecule has 0 aliphatic carbocycles. The molecule has 1 aromatic rings. The minimum absolute atomic E-state index is 0.0000145. The molecule has 2 nitrogen and oxygen atoms in total. The van der Waals surface area contributed by atoms with Crippen molar-refractivity contribution >= 4 is 6.08 Å². The van der Waals surface area contributed by atoms with E-state index in [9.17, 15) is 0 Å². The van der Waals surface area contributed by atoms with E-state index in [1.54, 1.807) is 7.11 Å². The van der Waals surface area contributed by atoms with Crippen molar-refractivity contribution in [3.63, 3.8) is 0 Å². The minimum atomic E-state index is 0.0000145. The first-order chi connectivity index (χ1) is 13.5. The molecule has 2 heteroatoms. The number of hydrogen-bond donors (Lipinski definition) is 0. The molecule has 166 valence electrons. The highest BCUT2D eigenvalue weighted by Gasteiger charge is 2.30. The van der Waals surface area contributed by atoms with Crippen LogP contribution in [0.1, 0.15) is 99.1 Å². The Hall–Kier alpha value is -1.44. The van der Waals surface area contributed by atoms with Gasteiger partial charge in [-0.15, -0.1) is 0 Å². The van der Waals surface area contributed by atoms with E-state index >= 15 is 0 Å². The van der Waals surface area contributed by atoms with Crippen molar-refractivity contribution in [1.29, 1.82) is 0 Å². The lowest BCUT2D eigenvalue weighted by Crippen LogP contribution is -2.26. The first-order valence-corrected chi connectivity index (χ1v) is 11.5. The highest BCUT2D eigenvalue weighted by Crippen LogP contribution is 2.42. The quantitative estimate of drug-likeness (QED) is 0.370. The van der Waals surface area contributed by atoms with E-state index in [1.807, 2.05) is 0 Å². The van der Waals surface area contributed by atoms with Gasteiger partial charge in [-0.3, -0.25) is 0 Å². The summed E-state index contributed by atoms with van der Waals surface area (Å²) >= 11 is 0. The fourth-order valence-corrected chi connectivity index (χ4v) is 3.26. The summed E-state index contributed by atoms with van der Waals surface area (Å²) in [5.74, 6) is 3.03. The van der Waals surface area contributed by atoms with E-state index in [4.69, 9.17) is 9.47 Å². The van der Waals surface area contributed by atoms with Crippen LogP contribution in [0.2, 0.25) is 0 Å². The van der Waals surface area contributed by atoms with E-state index in [2.05, 4.69) is 86.6 Å². The van der Waals surface area contributed by atoms with Crippen molar-refractivity contribution in [2.24, 2.45) is 17.3 Å². The van der Waals surface area contributed by atoms with Crippen LogP contribution in [0.25, 0.3) is 6.08 Å². The van der Waals surface area contributed by atoms with Crippen LogP contribution in [0.5, 0.6) is 11.5 Å². The number of benzene rings is 1. The van der Waals surface area contributed by atoms with Gasteiger partial charge in [-0.25, -0.2) is 0 Å². The summed E-state index contributed by atoms with van der Waals surface area (Å²) in [6.07, 6.45) is 9.32. The van der Waals surface area contributed by atoms with Crippen LogP contribution in [0.15, 0.2) is 18.2 Å². The van der Waals surface area contributed by atoms with Crippen LogP contribution in [0.4, 0.5) is 0 Å². The molecule has 0 aliphatic rings. The van der Waals surface area contributed by atoms with Gasteiger partial charge in [0.1, 0.15) is 11.5 Å². The number of unbranched alkanes of at least 4 members (excludes halogenated alkanes) is 1. The number of methoxy groups -OCH3 is 1. The third-order valence-electron chi connectivity index (χ3n) is 6.25. The average molecular weight is 403 g/mol. The third kappa shape index (κ3) is 7.72. The molecule has 0 radical (unpaired) electrons. The Morgan fingerprint density at radius 1 is 1.00 bits per heavy atom. The first kappa shape index (κ1) is 25.6. The van der Waals surface area contributed by atoms with Gasteiger partial charge in [0.15, 0.2) is 0 Å². The molecule has 0 heterocycles. The predicted octanol–water partition coefficient (Wildman–Crippen LogP) is 8.28. The summed E-state index contributed by atoms with van der Waals surface area (Å²) in [4.78, 5) is 0. The maximum Gasteiger partial charge on any atom is 0.126 e. The van der Waals surface area contributed by atoms with Gasteiger partial charge in [-0.1, -0.05) is 93.7 Å². The van der Waals surface area contributed by atoms with Crippen molar-refractivity contribution in [2.75, 3.05) is 13.7 Å². The summed E-state index contributed by atoms with van der Waals surface area (Å²) in [5, 5.41) is 0. The molecule has 0 aliphatic heterocycles. The zero-order valence-electron chi connectivity index (χ0n) is 20.8. The van der Waals surface area contributed by atoms with E-state index in [0.29, 0.717) is 11.8 Å². The van der Waals surface area contributed by atoms with Gasteiger partial charge in [-0.05, 0) is 41.2 Å². The lowest BCUT2D eigenvalue weighted by atomic mass is 9.74. The predicted molar refractivity (Wildman–Crippen MR) is 128 cm³/mol. The smallest absolute Gasteiger partial charge is 0.126 e. The van der Waals surface area contributed by atoms with E-state index in [-0.39, 0.29) is 10.8 Å². The van der Waals surface area contributed by atoms with Crippen molar-refractivity contribution in [3.05, 3.63) is 29.3 Å². The molecule has 0 saturated carbocycles. The Kier molecular flexibility index (Phi) is 9.79. The lowest BCUT2D eigenvalue weighted by Gasteiger charge is -2.33. The van der Waals surface area contributed by atoms with Gasteiger partial charge in [-0.2, -0.15) is 0 Å². The van der Waals surface area contributed by atoms with Gasteiger partial charge in [0.2, 0.25) is 0 Å². The zero-order chi connectivity index (χ0) is 22.2. The van der Waals surface area contributed by atoms with E-state index < -0.39 is 0 Å². The fourth-order valence-electron chi connectivity index (χ4n) is 3.26. The molecule has 1 aromatic carbocycles. The normalized spacial score (nSPS) is 13.9. The highest BCUT2D eigenvalue weighted by atomic mass is 16.5. The molecule has 0 fully saturated rings. The molecule has 0 saturated heterocycles. The fraction of sp³-hybridized carbons (Fsp3) is 0.704. The van der Waals surface area contributed by atoms with Crippen LogP contribution in [-0.2, 0) is 5.41 Å². The molecule has 0 amide bonds. The highest BCUT2D eigenvalue weighted by molar-refractivity contribution is 5.63. The van der Waals surface area contributed by atoms with Gasteiger partial charge in [0.05, 0.1) is 13.7 Å². The first-order valence-electron chi connectivity index (χ1n) is 11.5. The number of ether oxygens (including phenoxy) is 2. The molecule has 0 bridgehead atoms. The molecule has 1 unspecified atom stereocenters. The molecule has 1 rings (SSSR count). The molecule has 0 N–H and O–H groups in total. The minimum Gasteiger partial charge on any atom is -0.496 e. The zero-order valence-corrected chi connectivity index (χ0v) is 20.8.